The third-order valence-corrected chi connectivity index (χ3v) is 5.92. The van der Waals surface area contributed by atoms with Crippen LogP contribution >= 0.6 is 0 Å². The molecule has 0 atom stereocenters. The van der Waals surface area contributed by atoms with E-state index in [9.17, 15) is 10.5 Å². The number of nitrogens with zero attached hydrogens (tertiary/aromatic N) is 6. The topological polar surface area (TPSA) is 60.5 Å². The summed E-state index contributed by atoms with van der Waals surface area (Å²) in [5, 5.41) is 18.9. The summed E-state index contributed by atoms with van der Waals surface area (Å²) in [6, 6.07) is 4.27. The molecule has 0 aromatic rings. The quantitative estimate of drug-likeness (QED) is 0.649. The Morgan fingerprint density at radius 3 is 1.81 bits per heavy atom. The van der Waals surface area contributed by atoms with E-state index < -0.39 is 0 Å². The average molecular weight is 357 g/mol. The molecule has 0 amide bonds. The lowest BCUT2D eigenvalue weighted by atomic mass is 10.1. The zero-order chi connectivity index (χ0) is 18.2. The summed E-state index contributed by atoms with van der Waals surface area (Å²) >= 11 is 0. The van der Waals surface area contributed by atoms with Crippen LogP contribution in [0.2, 0.25) is 0 Å². The van der Waals surface area contributed by atoms with Gasteiger partial charge in [0.25, 0.3) is 0 Å². The highest BCUT2D eigenvalue weighted by Crippen LogP contribution is 2.23. The van der Waals surface area contributed by atoms with Gasteiger partial charge in [-0.15, -0.1) is 0 Å². The molecule has 0 spiro atoms. The first-order valence-electron chi connectivity index (χ1n) is 10.3. The molecule has 3 aliphatic rings. The standard InChI is InChI=1S/C20H32N6/c21-17-19(18-22)20-25(12-6-11-23-7-2-1-3-8-23)15-16-26(20)14-13-24-9-4-5-10-24/h1-16H2. The van der Waals surface area contributed by atoms with Crippen molar-refractivity contribution in [2.45, 2.75) is 38.5 Å². The Labute approximate surface area is 158 Å². The van der Waals surface area contributed by atoms with Gasteiger partial charge in [-0.3, -0.25) is 0 Å². The molecule has 3 saturated heterocycles. The first kappa shape index (κ1) is 19.0. The van der Waals surface area contributed by atoms with E-state index in [2.05, 4.69) is 31.7 Å². The van der Waals surface area contributed by atoms with Crippen LogP contribution in [-0.2, 0) is 0 Å². The van der Waals surface area contributed by atoms with Crippen molar-refractivity contribution in [3.05, 3.63) is 11.4 Å². The molecule has 6 heteroatoms. The molecule has 3 heterocycles. The molecule has 26 heavy (non-hydrogen) atoms. The largest absolute Gasteiger partial charge is 0.355 e. The Morgan fingerprint density at radius 1 is 0.654 bits per heavy atom. The van der Waals surface area contributed by atoms with Crippen LogP contribution < -0.4 is 0 Å². The predicted molar refractivity (Wildman–Crippen MR) is 102 cm³/mol. The fourth-order valence-corrected chi connectivity index (χ4v) is 4.47. The molecule has 3 rings (SSSR count). The van der Waals surface area contributed by atoms with Gasteiger partial charge in [0.1, 0.15) is 18.0 Å². The van der Waals surface area contributed by atoms with E-state index in [0.717, 1.165) is 51.5 Å². The van der Waals surface area contributed by atoms with E-state index >= 15 is 0 Å². The van der Waals surface area contributed by atoms with Crippen LogP contribution in [0.1, 0.15) is 38.5 Å². The fourth-order valence-electron chi connectivity index (χ4n) is 4.47. The van der Waals surface area contributed by atoms with Crippen LogP contribution in [0.5, 0.6) is 0 Å². The average Bonchev–Trinajstić information content (AvgIpc) is 3.33. The first-order valence-corrected chi connectivity index (χ1v) is 10.3. The number of piperidine rings is 1. The van der Waals surface area contributed by atoms with Crippen molar-refractivity contribution in [1.29, 1.82) is 10.5 Å². The van der Waals surface area contributed by atoms with Gasteiger partial charge in [-0.25, -0.2) is 0 Å². The Hall–Kier alpha value is -1.76. The lowest BCUT2D eigenvalue weighted by molar-refractivity contribution is 0.214. The van der Waals surface area contributed by atoms with E-state index in [1.165, 1.54) is 58.3 Å². The van der Waals surface area contributed by atoms with Gasteiger partial charge in [0.15, 0.2) is 5.57 Å². The van der Waals surface area contributed by atoms with Crippen LogP contribution in [0.4, 0.5) is 0 Å². The smallest absolute Gasteiger partial charge is 0.169 e. The molecule has 0 aliphatic carbocycles. The minimum atomic E-state index is 0.280. The second-order valence-electron chi connectivity index (χ2n) is 7.70. The number of hydrogen-bond donors (Lipinski definition) is 0. The van der Waals surface area contributed by atoms with Crippen LogP contribution in [0, 0.1) is 22.7 Å². The van der Waals surface area contributed by atoms with E-state index in [0.29, 0.717) is 0 Å². The lowest BCUT2D eigenvalue weighted by Crippen LogP contribution is -2.34. The number of nitriles is 2. The van der Waals surface area contributed by atoms with Crippen molar-refractivity contribution in [2.75, 3.05) is 65.4 Å². The Kier molecular flexibility index (Phi) is 7.17. The summed E-state index contributed by atoms with van der Waals surface area (Å²) in [5.41, 5.74) is 0.280. The molecule has 0 radical (unpaired) electrons. The predicted octanol–water partition coefficient (Wildman–Crippen LogP) is 1.83. The number of allylic oxidation sites excluding steroid dienone is 1. The van der Waals surface area contributed by atoms with Gasteiger partial charge in [-0.1, -0.05) is 6.42 Å². The summed E-state index contributed by atoms with van der Waals surface area (Å²) in [5.74, 6) is 0.882. The van der Waals surface area contributed by atoms with Gasteiger partial charge in [-0.2, -0.15) is 10.5 Å². The minimum Gasteiger partial charge on any atom is -0.355 e. The third kappa shape index (κ3) is 4.90. The van der Waals surface area contributed by atoms with Gasteiger partial charge < -0.3 is 19.6 Å². The highest BCUT2D eigenvalue weighted by atomic mass is 15.4. The minimum absolute atomic E-state index is 0.280. The van der Waals surface area contributed by atoms with Gasteiger partial charge in [0, 0.05) is 32.7 Å². The molecule has 0 N–H and O–H groups in total. The molecule has 0 saturated carbocycles. The van der Waals surface area contributed by atoms with E-state index in [4.69, 9.17) is 0 Å². The van der Waals surface area contributed by atoms with Gasteiger partial charge in [-0.05, 0) is 64.8 Å². The summed E-state index contributed by atoms with van der Waals surface area (Å²) < 4.78 is 0. The molecule has 0 bridgehead atoms. The Balaban J connectivity index is 1.55. The maximum Gasteiger partial charge on any atom is 0.169 e. The molecule has 6 nitrogen and oxygen atoms in total. The number of rotatable bonds is 7. The Bertz CT molecular complexity index is 544. The summed E-state index contributed by atoms with van der Waals surface area (Å²) in [6.07, 6.45) is 7.72. The summed E-state index contributed by atoms with van der Waals surface area (Å²) in [7, 11) is 0. The molecule has 3 aliphatic heterocycles. The molecule has 0 unspecified atom stereocenters. The van der Waals surface area contributed by atoms with Crippen molar-refractivity contribution in [1.82, 2.24) is 19.6 Å². The first-order chi connectivity index (χ1) is 12.8. The van der Waals surface area contributed by atoms with Crippen LogP contribution in [0.25, 0.3) is 0 Å². The van der Waals surface area contributed by atoms with Crippen molar-refractivity contribution < 1.29 is 0 Å². The van der Waals surface area contributed by atoms with E-state index in [-0.39, 0.29) is 5.57 Å². The zero-order valence-corrected chi connectivity index (χ0v) is 16.0. The Morgan fingerprint density at radius 2 is 1.19 bits per heavy atom. The van der Waals surface area contributed by atoms with Crippen LogP contribution in [0.3, 0.4) is 0 Å². The van der Waals surface area contributed by atoms with Gasteiger partial charge in [0.05, 0.1) is 0 Å². The summed E-state index contributed by atoms with van der Waals surface area (Å²) in [6.45, 7) is 10.7. The van der Waals surface area contributed by atoms with Crippen molar-refractivity contribution >= 4 is 0 Å². The van der Waals surface area contributed by atoms with Crippen LogP contribution in [0.15, 0.2) is 11.4 Å². The molecule has 0 aromatic heterocycles. The molecular formula is C20H32N6. The normalized spacial score (nSPS) is 21.8. The monoisotopic (exact) mass is 356 g/mol. The molecule has 3 fully saturated rings. The van der Waals surface area contributed by atoms with E-state index in [1.54, 1.807) is 0 Å². The third-order valence-electron chi connectivity index (χ3n) is 5.92. The number of hydrogen-bond acceptors (Lipinski definition) is 6. The van der Waals surface area contributed by atoms with Gasteiger partial charge >= 0.3 is 0 Å². The van der Waals surface area contributed by atoms with Gasteiger partial charge in [0.2, 0.25) is 0 Å². The van der Waals surface area contributed by atoms with Crippen LogP contribution in [-0.4, -0.2) is 85.0 Å². The second-order valence-corrected chi connectivity index (χ2v) is 7.70. The highest BCUT2D eigenvalue weighted by Gasteiger charge is 2.28. The molecule has 0 aromatic carbocycles. The van der Waals surface area contributed by atoms with Crippen molar-refractivity contribution in [2.24, 2.45) is 0 Å². The molecule has 142 valence electrons. The summed E-state index contributed by atoms with van der Waals surface area (Å²) in [4.78, 5) is 9.59. The van der Waals surface area contributed by atoms with Crippen molar-refractivity contribution in [3.63, 3.8) is 0 Å². The highest BCUT2D eigenvalue weighted by molar-refractivity contribution is 5.40. The van der Waals surface area contributed by atoms with Crippen molar-refractivity contribution in [3.8, 4) is 12.1 Å². The maximum absolute atomic E-state index is 9.43. The lowest BCUT2D eigenvalue weighted by Gasteiger charge is -2.29. The zero-order valence-electron chi connectivity index (χ0n) is 16.0. The fraction of sp³-hybridized carbons (Fsp3) is 0.800. The SMILES string of the molecule is N#CC(C#N)=C1N(CCCN2CCCCC2)CCN1CCN1CCCC1. The second kappa shape index (κ2) is 9.80. The maximum atomic E-state index is 9.43. The molecular weight excluding hydrogens is 324 g/mol. The van der Waals surface area contributed by atoms with E-state index in [1.807, 2.05) is 0 Å². The number of likely N-dealkylation sites (tertiary alicyclic amines) is 2.